The van der Waals surface area contributed by atoms with E-state index in [9.17, 15) is 4.79 Å². The molecule has 0 unspecified atom stereocenters. The molecule has 0 bridgehead atoms. The van der Waals surface area contributed by atoms with E-state index in [4.69, 9.17) is 10.8 Å². The van der Waals surface area contributed by atoms with Crippen LogP contribution in [0.1, 0.15) is 10.5 Å². The Labute approximate surface area is 97.5 Å². The number of benzene rings is 1. The Morgan fingerprint density at radius 2 is 2.12 bits per heavy atom. The van der Waals surface area contributed by atoms with Gasteiger partial charge in [-0.2, -0.15) is 0 Å². The Morgan fingerprint density at radius 1 is 1.35 bits per heavy atom. The lowest BCUT2D eigenvalue weighted by Crippen LogP contribution is -2.17. The highest BCUT2D eigenvalue weighted by Gasteiger charge is 2.15. The largest absolute Gasteiger partial charge is 0.476 e. The average Bonchev–Trinajstić information content (AvgIpc) is 2.35. The summed E-state index contributed by atoms with van der Waals surface area (Å²) in [5, 5.41) is 20.3. The Balaban J connectivity index is 2.61. The van der Waals surface area contributed by atoms with E-state index in [-0.39, 0.29) is 5.69 Å². The molecule has 0 aliphatic rings. The molecule has 6 nitrogen and oxygen atoms in total. The van der Waals surface area contributed by atoms with Crippen LogP contribution in [0.2, 0.25) is 0 Å². The lowest BCUT2D eigenvalue weighted by molar-refractivity contribution is 0.0690. The average molecular weight is 232 g/mol. The summed E-state index contributed by atoms with van der Waals surface area (Å²) in [5.41, 5.74) is 6.43. The maximum atomic E-state index is 11.1. The van der Waals surface area contributed by atoms with Gasteiger partial charge in [-0.05, 0) is 6.07 Å². The number of hydrogen-bond donors (Lipinski definition) is 3. The van der Waals surface area contributed by atoms with Gasteiger partial charge in [-0.15, -0.1) is 10.2 Å². The second kappa shape index (κ2) is 4.75. The Kier molecular flexibility index (Phi) is 3.15. The van der Waals surface area contributed by atoms with Gasteiger partial charge < -0.3 is 16.2 Å². The first-order valence-corrected chi connectivity index (χ1v) is 5.16. The van der Waals surface area contributed by atoms with Crippen molar-refractivity contribution in [3.8, 4) is 0 Å². The van der Waals surface area contributed by atoms with E-state index in [1.807, 2.05) is 12.1 Å². The third kappa shape index (κ3) is 2.16. The quantitative estimate of drug-likeness (QED) is 0.717. The molecule has 2 rings (SSSR count). The van der Waals surface area contributed by atoms with Gasteiger partial charge in [0.1, 0.15) is 0 Å². The summed E-state index contributed by atoms with van der Waals surface area (Å²) in [7, 11) is 0. The Bertz CT molecular complexity index is 556. The summed E-state index contributed by atoms with van der Waals surface area (Å²) in [6.45, 7) is 0.895. The molecule has 0 atom stereocenters. The van der Waals surface area contributed by atoms with Gasteiger partial charge in [0.2, 0.25) is 0 Å². The Morgan fingerprint density at radius 3 is 2.82 bits per heavy atom. The zero-order chi connectivity index (χ0) is 12.3. The van der Waals surface area contributed by atoms with Crippen molar-refractivity contribution < 1.29 is 9.90 Å². The molecule has 1 aromatic carbocycles. The third-order valence-corrected chi connectivity index (χ3v) is 2.32. The van der Waals surface area contributed by atoms with Crippen LogP contribution >= 0.6 is 0 Å². The highest BCUT2D eigenvalue weighted by atomic mass is 16.4. The molecule has 17 heavy (non-hydrogen) atoms. The number of aromatic carboxylic acids is 1. The highest BCUT2D eigenvalue weighted by Crippen LogP contribution is 2.23. The normalized spacial score (nSPS) is 10.4. The fraction of sp³-hybridized carbons (Fsp3) is 0.182. The highest BCUT2D eigenvalue weighted by molar-refractivity contribution is 6.02. The number of aromatic nitrogens is 2. The van der Waals surface area contributed by atoms with Crippen molar-refractivity contribution in [3.05, 3.63) is 30.0 Å². The lowest BCUT2D eigenvalue weighted by Gasteiger charge is -2.10. The number of anilines is 1. The molecule has 88 valence electrons. The molecule has 0 saturated heterocycles. The topological polar surface area (TPSA) is 101 Å². The van der Waals surface area contributed by atoms with E-state index in [1.54, 1.807) is 12.1 Å². The van der Waals surface area contributed by atoms with Crippen molar-refractivity contribution in [2.75, 3.05) is 18.4 Å². The van der Waals surface area contributed by atoms with Crippen LogP contribution < -0.4 is 11.1 Å². The first kappa shape index (κ1) is 11.3. The molecule has 1 heterocycles. The van der Waals surface area contributed by atoms with Gasteiger partial charge in [0.25, 0.3) is 0 Å². The van der Waals surface area contributed by atoms with Crippen molar-refractivity contribution in [2.24, 2.45) is 5.73 Å². The number of nitrogens with zero attached hydrogens (tertiary/aromatic N) is 2. The molecule has 0 aliphatic carbocycles. The van der Waals surface area contributed by atoms with Crippen LogP contribution in [0, 0.1) is 0 Å². The summed E-state index contributed by atoms with van der Waals surface area (Å²) in [4.78, 5) is 11.1. The molecular formula is C11H12N4O2. The molecule has 1 aromatic heterocycles. The first-order valence-electron chi connectivity index (χ1n) is 5.16. The lowest BCUT2D eigenvalue weighted by atomic mass is 10.1. The van der Waals surface area contributed by atoms with E-state index < -0.39 is 5.97 Å². The second-order valence-electron chi connectivity index (χ2n) is 3.46. The van der Waals surface area contributed by atoms with Crippen LogP contribution in [-0.4, -0.2) is 34.4 Å². The second-order valence-corrected chi connectivity index (χ2v) is 3.46. The van der Waals surface area contributed by atoms with Crippen molar-refractivity contribution in [1.29, 1.82) is 0 Å². The van der Waals surface area contributed by atoms with Crippen LogP contribution in [0.3, 0.4) is 0 Å². The summed E-state index contributed by atoms with van der Waals surface area (Å²) < 4.78 is 0. The van der Waals surface area contributed by atoms with Crippen LogP contribution in [0.5, 0.6) is 0 Å². The van der Waals surface area contributed by atoms with Gasteiger partial charge >= 0.3 is 5.97 Å². The number of carboxylic acid groups (broad SMARTS) is 1. The molecule has 0 saturated carbocycles. The van der Waals surface area contributed by atoms with E-state index in [0.717, 1.165) is 5.39 Å². The van der Waals surface area contributed by atoms with Crippen LogP contribution in [0.4, 0.5) is 5.69 Å². The zero-order valence-electron chi connectivity index (χ0n) is 9.05. The van der Waals surface area contributed by atoms with Crippen molar-refractivity contribution >= 4 is 22.6 Å². The number of carboxylic acids is 1. The van der Waals surface area contributed by atoms with Crippen LogP contribution in [0.25, 0.3) is 10.9 Å². The zero-order valence-corrected chi connectivity index (χ0v) is 9.05. The van der Waals surface area contributed by atoms with E-state index in [2.05, 4.69) is 15.5 Å². The van der Waals surface area contributed by atoms with Crippen molar-refractivity contribution in [1.82, 2.24) is 10.2 Å². The van der Waals surface area contributed by atoms with E-state index in [1.165, 1.54) is 0 Å². The smallest absolute Gasteiger partial charge is 0.358 e. The number of nitrogens with two attached hydrogens (primary N) is 1. The summed E-state index contributed by atoms with van der Waals surface area (Å²) in [5.74, 6) is -1.11. The molecule has 2 aromatic rings. The fourth-order valence-corrected chi connectivity index (χ4v) is 1.58. The minimum absolute atomic E-state index is 0.0860. The molecule has 0 fully saturated rings. The van der Waals surface area contributed by atoms with Crippen LogP contribution in [-0.2, 0) is 0 Å². The monoisotopic (exact) mass is 232 g/mol. The number of carbonyl (C=O) groups is 1. The fourth-order valence-electron chi connectivity index (χ4n) is 1.58. The number of hydrogen-bond acceptors (Lipinski definition) is 5. The van der Waals surface area contributed by atoms with Gasteiger partial charge in [0.05, 0.1) is 11.2 Å². The summed E-state index contributed by atoms with van der Waals surface area (Å²) in [6.07, 6.45) is 0. The molecule has 6 heteroatoms. The number of rotatable bonds is 4. The maximum Gasteiger partial charge on any atom is 0.358 e. The van der Waals surface area contributed by atoms with Gasteiger partial charge in [0.15, 0.2) is 5.69 Å². The minimum Gasteiger partial charge on any atom is -0.476 e. The predicted octanol–water partition coefficient (Wildman–Crippen LogP) is 0.699. The summed E-state index contributed by atoms with van der Waals surface area (Å²) >= 11 is 0. The first-order chi connectivity index (χ1) is 8.24. The van der Waals surface area contributed by atoms with Gasteiger partial charge in [0, 0.05) is 18.5 Å². The Hall–Kier alpha value is -2.21. The predicted molar refractivity (Wildman–Crippen MR) is 64.0 cm³/mol. The molecular weight excluding hydrogens is 220 g/mol. The maximum absolute atomic E-state index is 11.1. The van der Waals surface area contributed by atoms with Gasteiger partial charge in [-0.3, -0.25) is 0 Å². The van der Waals surface area contributed by atoms with Crippen LogP contribution in [0.15, 0.2) is 24.3 Å². The van der Waals surface area contributed by atoms with Crippen molar-refractivity contribution in [2.45, 2.75) is 0 Å². The standard InChI is InChI=1S/C11H12N4O2/c12-5-6-13-9-7-3-1-2-4-8(7)14-15-10(9)11(16)17/h1-4H,5-6,12H2,(H,13,14)(H,16,17). The van der Waals surface area contributed by atoms with E-state index >= 15 is 0 Å². The number of nitrogens with one attached hydrogen (secondary N) is 1. The molecule has 0 aliphatic heterocycles. The molecule has 0 spiro atoms. The van der Waals surface area contributed by atoms with Gasteiger partial charge in [-0.25, -0.2) is 4.79 Å². The number of fused-ring (bicyclic) bond motifs is 1. The molecule has 0 radical (unpaired) electrons. The summed E-state index contributed by atoms with van der Waals surface area (Å²) in [6, 6.07) is 7.23. The van der Waals surface area contributed by atoms with Gasteiger partial charge in [-0.1, -0.05) is 18.2 Å². The molecule has 4 N–H and O–H groups in total. The minimum atomic E-state index is -1.11. The van der Waals surface area contributed by atoms with E-state index in [0.29, 0.717) is 24.3 Å². The van der Waals surface area contributed by atoms with Crippen molar-refractivity contribution in [3.63, 3.8) is 0 Å². The molecule has 0 amide bonds. The third-order valence-electron chi connectivity index (χ3n) is 2.32. The SMILES string of the molecule is NCCNc1c(C(=O)O)nnc2ccccc12.